The highest BCUT2D eigenvalue weighted by Crippen LogP contribution is 2.49. The molecule has 2 bridgehead atoms. The molecule has 3 N–H and O–H groups in total. The van der Waals surface area contributed by atoms with Crippen LogP contribution in [0, 0.1) is 23.7 Å². The molecule has 3 saturated heterocycles. The van der Waals surface area contributed by atoms with Gasteiger partial charge in [-0.05, 0) is 63.7 Å². The monoisotopic (exact) mass is 584 g/mol. The molecule has 5 aliphatic rings. The molecule has 0 aromatic carbocycles. The minimum atomic E-state index is -1.74. The van der Waals surface area contributed by atoms with Crippen LogP contribution in [0.2, 0.25) is 0 Å². The first-order valence-corrected chi connectivity index (χ1v) is 15.5. The van der Waals surface area contributed by atoms with Gasteiger partial charge in [0.15, 0.2) is 5.79 Å². The van der Waals surface area contributed by atoms with Crippen LogP contribution in [0.1, 0.15) is 73.6 Å². The summed E-state index contributed by atoms with van der Waals surface area (Å²) in [4.78, 5) is 14.0. The van der Waals surface area contributed by atoms with Crippen LogP contribution in [0.5, 0.6) is 0 Å². The lowest BCUT2D eigenvalue weighted by atomic mass is 9.68. The van der Waals surface area contributed by atoms with Crippen molar-refractivity contribution in [2.75, 3.05) is 6.61 Å². The van der Waals surface area contributed by atoms with Crippen LogP contribution in [-0.2, 0) is 23.7 Å². The summed E-state index contributed by atoms with van der Waals surface area (Å²) in [5, 5.41) is 34.2. The molecule has 42 heavy (non-hydrogen) atoms. The maximum Gasteiger partial charge on any atom is 0.316 e. The predicted octanol–water partition coefficient (Wildman–Crippen LogP) is 4.66. The highest BCUT2D eigenvalue weighted by molar-refractivity contribution is 5.78. The van der Waals surface area contributed by atoms with Crippen LogP contribution in [0.25, 0.3) is 0 Å². The Kier molecular flexibility index (Phi) is 8.95. The number of hydrogen-bond acceptors (Lipinski definition) is 8. The van der Waals surface area contributed by atoms with Crippen molar-refractivity contribution < 1.29 is 39.1 Å². The van der Waals surface area contributed by atoms with E-state index in [0.29, 0.717) is 18.4 Å². The van der Waals surface area contributed by atoms with Crippen molar-refractivity contribution in [1.29, 1.82) is 0 Å². The molecule has 8 nitrogen and oxygen atoms in total. The van der Waals surface area contributed by atoms with Crippen LogP contribution in [0.15, 0.2) is 58.9 Å². The molecule has 1 spiro atoms. The lowest BCUT2D eigenvalue weighted by Crippen LogP contribution is -2.58. The molecule has 8 heteroatoms. The van der Waals surface area contributed by atoms with Crippen molar-refractivity contribution in [3.8, 4) is 0 Å². The number of aliphatic hydroxyl groups excluding tert-OH is 2. The van der Waals surface area contributed by atoms with E-state index in [9.17, 15) is 20.1 Å². The van der Waals surface area contributed by atoms with E-state index < -0.39 is 47.5 Å². The number of hydrogen-bond donors (Lipinski definition) is 3. The van der Waals surface area contributed by atoms with E-state index >= 15 is 0 Å². The molecule has 3 fully saturated rings. The van der Waals surface area contributed by atoms with Gasteiger partial charge in [-0.2, -0.15) is 0 Å². The number of aliphatic hydroxyl groups is 3. The fraction of sp³-hybridized carbons (Fsp3) is 0.676. The van der Waals surface area contributed by atoms with E-state index in [1.165, 1.54) is 5.57 Å². The van der Waals surface area contributed by atoms with Gasteiger partial charge >= 0.3 is 5.97 Å². The average Bonchev–Trinajstić information content (AvgIpc) is 3.27. The number of ether oxygens (including phenoxy) is 4. The molecule has 5 rings (SSSR count). The number of carbonyl (C=O) groups excluding carboxylic acids is 1. The van der Waals surface area contributed by atoms with Gasteiger partial charge in [0.1, 0.15) is 23.4 Å². The molecule has 11 atom stereocenters. The van der Waals surface area contributed by atoms with Crippen molar-refractivity contribution >= 4 is 5.97 Å². The third-order valence-electron chi connectivity index (χ3n) is 10.0. The molecule has 0 radical (unpaired) electrons. The standard InChI is InChI=1S/C34H48O8/c1-7-21(4)31-23(6)28(35)17-33(42-31)16-25-15-24(41-33)12-11-20(3)13-19(2)9-8-10-29-34(38)26(32(37)40-25)14-22(5)30(36)27(34)18-39-29/h7-11,14,19,23-28,30-31,35-36,38H,12-13,15-18H2,1-6H3. The summed E-state index contributed by atoms with van der Waals surface area (Å²) in [5.74, 6) is -3.06. The summed E-state index contributed by atoms with van der Waals surface area (Å²) >= 11 is 0. The van der Waals surface area contributed by atoms with Gasteiger partial charge in [0.05, 0.1) is 36.9 Å². The van der Waals surface area contributed by atoms with E-state index in [1.54, 1.807) is 19.1 Å². The molecule has 1 aliphatic carbocycles. The van der Waals surface area contributed by atoms with Gasteiger partial charge in [0.2, 0.25) is 0 Å². The van der Waals surface area contributed by atoms with Crippen molar-refractivity contribution in [1.82, 2.24) is 0 Å². The Morgan fingerprint density at radius 2 is 1.88 bits per heavy atom. The lowest BCUT2D eigenvalue weighted by Gasteiger charge is -2.51. The second-order valence-corrected chi connectivity index (χ2v) is 13.3. The summed E-state index contributed by atoms with van der Waals surface area (Å²) in [6.45, 7) is 12.0. The van der Waals surface area contributed by atoms with Gasteiger partial charge in [-0.25, -0.2) is 0 Å². The van der Waals surface area contributed by atoms with Crippen LogP contribution < -0.4 is 0 Å². The van der Waals surface area contributed by atoms with Crippen molar-refractivity contribution in [2.45, 2.75) is 116 Å². The van der Waals surface area contributed by atoms with E-state index in [4.69, 9.17) is 18.9 Å². The number of allylic oxidation sites excluding steroid dienone is 5. The number of carbonyl (C=O) groups is 1. The maximum atomic E-state index is 14.0. The Labute approximate surface area is 249 Å². The SMILES string of the molecule is CC=C(C)C1OC2(CC3CC(CC=C(C)CC(C)C=CC=C4OCC5C(O)C(C)=CC(C(=O)O3)C45O)O2)CC(O)C1C. The second-order valence-electron chi connectivity index (χ2n) is 13.3. The summed E-state index contributed by atoms with van der Waals surface area (Å²) < 4.78 is 25.5. The zero-order chi connectivity index (χ0) is 30.4. The van der Waals surface area contributed by atoms with E-state index in [0.717, 1.165) is 12.0 Å². The minimum Gasteiger partial charge on any atom is -0.494 e. The Bertz CT molecular complexity index is 1200. The molecular weight excluding hydrogens is 536 g/mol. The molecule has 0 saturated carbocycles. The van der Waals surface area contributed by atoms with E-state index in [2.05, 4.69) is 19.9 Å². The summed E-state index contributed by atoms with van der Waals surface area (Å²) in [6.07, 6.45) is 11.2. The van der Waals surface area contributed by atoms with Crippen molar-refractivity contribution in [3.63, 3.8) is 0 Å². The first kappa shape index (κ1) is 31.2. The molecule has 0 aromatic heterocycles. The molecule has 11 unspecified atom stereocenters. The topological polar surface area (TPSA) is 115 Å². The van der Waals surface area contributed by atoms with Gasteiger partial charge in [0, 0.05) is 25.2 Å². The Hall–Kier alpha value is -2.23. The lowest BCUT2D eigenvalue weighted by molar-refractivity contribution is -0.342. The van der Waals surface area contributed by atoms with E-state index in [-0.39, 0.29) is 49.3 Å². The van der Waals surface area contributed by atoms with Gasteiger partial charge in [0.25, 0.3) is 0 Å². The molecule has 0 aromatic rings. The Morgan fingerprint density at radius 3 is 2.62 bits per heavy atom. The first-order chi connectivity index (χ1) is 19.9. The average molecular weight is 585 g/mol. The van der Waals surface area contributed by atoms with Crippen LogP contribution in [0.3, 0.4) is 0 Å². The highest BCUT2D eigenvalue weighted by atomic mass is 16.7. The zero-order valence-electron chi connectivity index (χ0n) is 25.8. The van der Waals surface area contributed by atoms with Crippen LogP contribution in [0.4, 0.5) is 0 Å². The van der Waals surface area contributed by atoms with Crippen molar-refractivity contribution in [3.05, 3.63) is 58.9 Å². The van der Waals surface area contributed by atoms with Gasteiger partial charge < -0.3 is 34.3 Å². The largest absolute Gasteiger partial charge is 0.494 e. The summed E-state index contributed by atoms with van der Waals surface area (Å²) in [6, 6.07) is 0. The highest BCUT2D eigenvalue weighted by Gasteiger charge is 2.61. The molecule has 232 valence electrons. The van der Waals surface area contributed by atoms with Gasteiger partial charge in [-0.15, -0.1) is 0 Å². The molecule has 4 heterocycles. The third kappa shape index (κ3) is 5.81. The Morgan fingerprint density at radius 1 is 1.12 bits per heavy atom. The second kappa shape index (κ2) is 12.0. The smallest absolute Gasteiger partial charge is 0.316 e. The fourth-order valence-corrected chi connectivity index (χ4v) is 7.45. The molecule has 4 aliphatic heterocycles. The fourth-order valence-electron chi connectivity index (χ4n) is 7.45. The number of rotatable bonds is 1. The van der Waals surface area contributed by atoms with Crippen LogP contribution >= 0.6 is 0 Å². The Balaban J connectivity index is 1.53. The molecule has 0 amide bonds. The first-order valence-electron chi connectivity index (χ1n) is 15.5. The molecular formula is C34H48O8. The van der Waals surface area contributed by atoms with Gasteiger partial charge in [-0.1, -0.05) is 49.8 Å². The third-order valence-corrected chi connectivity index (χ3v) is 10.0. The number of esters is 1. The normalized spacial score (nSPS) is 44.9. The zero-order valence-corrected chi connectivity index (χ0v) is 25.8. The summed E-state index contributed by atoms with van der Waals surface area (Å²) in [5.41, 5.74) is 1.10. The van der Waals surface area contributed by atoms with Gasteiger partial charge in [-0.3, -0.25) is 4.79 Å². The quantitative estimate of drug-likeness (QED) is 0.301. The minimum absolute atomic E-state index is 0.0990. The maximum absolute atomic E-state index is 14.0. The van der Waals surface area contributed by atoms with Crippen molar-refractivity contribution in [2.24, 2.45) is 23.7 Å². The summed E-state index contributed by atoms with van der Waals surface area (Å²) in [7, 11) is 0. The van der Waals surface area contributed by atoms with Crippen LogP contribution in [-0.4, -0.2) is 69.8 Å². The predicted molar refractivity (Wildman–Crippen MR) is 158 cm³/mol. The number of fused-ring (bicyclic) bond motifs is 2. The van der Waals surface area contributed by atoms with E-state index in [1.807, 2.05) is 39.0 Å².